The molecule has 9 heteroatoms. The Kier molecular flexibility index (Phi) is 7.74. The van der Waals surface area contributed by atoms with Gasteiger partial charge in [-0.1, -0.05) is 65.2 Å². The van der Waals surface area contributed by atoms with Crippen molar-refractivity contribution in [2.45, 2.75) is 53.2 Å². The second-order valence-corrected chi connectivity index (χ2v) is 12.8. The molecule has 2 aliphatic heterocycles. The predicted octanol–water partition coefficient (Wildman–Crippen LogP) is 8.24. The number of rotatable bonds is 6. The molecule has 7 nitrogen and oxygen atoms in total. The fourth-order valence-electron chi connectivity index (χ4n) is 5.82. The molecule has 0 radical (unpaired) electrons. The van der Waals surface area contributed by atoms with Gasteiger partial charge in [-0.25, -0.2) is 9.37 Å². The normalized spacial score (nSPS) is 20.3. The summed E-state index contributed by atoms with van der Waals surface area (Å²) in [5.41, 5.74) is 3.28. The minimum atomic E-state index is -0.780. The molecular weight excluding hydrogens is 564 g/mol. The molecule has 6 rings (SSSR count). The largest absolute Gasteiger partial charge is 0.506 e. The number of allylic oxidation sites excluding steroid dienone is 1. The van der Waals surface area contributed by atoms with Crippen LogP contribution in [0.5, 0.6) is 11.5 Å². The summed E-state index contributed by atoms with van der Waals surface area (Å²) in [6.07, 6.45) is 2.59. The lowest BCUT2D eigenvalue weighted by Crippen LogP contribution is -2.37. The third kappa shape index (κ3) is 5.52. The Morgan fingerprint density at radius 3 is 2.67 bits per heavy atom. The van der Waals surface area contributed by atoms with Crippen molar-refractivity contribution >= 4 is 25.9 Å². The molecule has 1 aromatic heterocycles. The number of nitrogens with zero attached hydrogens (tertiary/aromatic N) is 2. The number of hydrogen-bond donors (Lipinski definition) is 2. The molecule has 4 aromatic rings. The Labute approximate surface area is 252 Å². The first-order valence-electron chi connectivity index (χ1n) is 14.5. The van der Waals surface area contributed by atoms with Crippen LogP contribution in [0.1, 0.15) is 66.0 Å². The maximum absolute atomic E-state index is 16.3. The standard InChI is InChI=1S/C34H35FN3O4P/c1-5-34(4)17-26-32(43-19-34)31(24-15-14-23(16-25(24)35)41-18-22-10-7-6-8-11-22)38(27-12-9-13-28(39)30(27)37-26)33(40)29-20(2)42-21(3)36-29/h6-16,31,37,39,43H,5,17-19H2,1-4H3. The molecule has 222 valence electrons. The number of phenolic OH excluding ortho intramolecular Hbond substituents is 1. The molecule has 0 saturated heterocycles. The molecule has 3 atom stereocenters. The van der Waals surface area contributed by atoms with Gasteiger partial charge in [-0.2, -0.15) is 0 Å². The fourth-order valence-corrected chi connectivity index (χ4v) is 7.66. The maximum Gasteiger partial charge on any atom is 0.281 e. The van der Waals surface area contributed by atoms with Gasteiger partial charge in [-0.15, -0.1) is 0 Å². The van der Waals surface area contributed by atoms with Gasteiger partial charge in [-0.05, 0) is 60.1 Å². The monoisotopic (exact) mass is 599 g/mol. The van der Waals surface area contributed by atoms with E-state index in [-0.39, 0.29) is 16.9 Å². The number of ether oxygens (including phenoxy) is 1. The molecule has 3 heterocycles. The van der Waals surface area contributed by atoms with E-state index in [0.29, 0.717) is 55.9 Å². The lowest BCUT2D eigenvalue weighted by Gasteiger charge is -2.39. The molecule has 0 bridgehead atoms. The molecule has 2 aliphatic rings. The number of oxazole rings is 1. The number of carbonyl (C=O) groups is 1. The molecule has 1 amide bonds. The number of para-hydroxylation sites is 1. The van der Waals surface area contributed by atoms with E-state index in [2.05, 4.69) is 24.1 Å². The zero-order chi connectivity index (χ0) is 30.3. The van der Waals surface area contributed by atoms with E-state index < -0.39 is 17.8 Å². The van der Waals surface area contributed by atoms with Crippen molar-refractivity contribution in [3.05, 3.63) is 112 Å². The summed E-state index contributed by atoms with van der Waals surface area (Å²) in [7, 11) is 0.329. The highest BCUT2D eigenvalue weighted by molar-refractivity contribution is 7.43. The van der Waals surface area contributed by atoms with Crippen LogP contribution >= 0.6 is 8.58 Å². The highest BCUT2D eigenvalue weighted by atomic mass is 31.1. The lowest BCUT2D eigenvalue weighted by atomic mass is 9.83. The van der Waals surface area contributed by atoms with Crippen LogP contribution in [-0.4, -0.2) is 22.2 Å². The lowest BCUT2D eigenvalue weighted by molar-refractivity contribution is 0.0974. The summed E-state index contributed by atoms with van der Waals surface area (Å²) in [6.45, 7) is 8.12. The fraction of sp³-hybridized carbons (Fsp3) is 0.294. The van der Waals surface area contributed by atoms with Crippen LogP contribution in [0, 0.1) is 25.1 Å². The van der Waals surface area contributed by atoms with Crippen molar-refractivity contribution in [1.82, 2.24) is 4.98 Å². The number of nitrogens with one attached hydrogen (secondary N) is 1. The predicted molar refractivity (Wildman–Crippen MR) is 168 cm³/mol. The van der Waals surface area contributed by atoms with E-state index in [1.165, 1.54) is 6.07 Å². The number of amides is 1. The Hall–Kier alpha value is -4.16. The number of aromatic hydroxyl groups is 1. The number of anilines is 2. The Morgan fingerprint density at radius 2 is 1.98 bits per heavy atom. The van der Waals surface area contributed by atoms with Crippen LogP contribution in [0.3, 0.4) is 0 Å². The number of halogens is 1. The van der Waals surface area contributed by atoms with Gasteiger partial charge < -0.3 is 19.6 Å². The summed E-state index contributed by atoms with van der Waals surface area (Å²) in [5, 5.41) is 15.5. The number of carbonyl (C=O) groups excluding carboxylic acids is 1. The van der Waals surface area contributed by atoms with E-state index in [4.69, 9.17) is 9.15 Å². The van der Waals surface area contributed by atoms with Crippen molar-refractivity contribution in [3.8, 4) is 11.5 Å². The number of benzene rings is 3. The van der Waals surface area contributed by atoms with Crippen LogP contribution in [0.4, 0.5) is 15.8 Å². The van der Waals surface area contributed by atoms with Gasteiger partial charge in [0, 0.05) is 24.3 Å². The van der Waals surface area contributed by atoms with Crippen LogP contribution in [0.15, 0.2) is 82.2 Å². The van der Waals surface area contributed by atoms with E-state index in [1.54, 1.807) is 49.1 Å². The quantitative estimate of drug-likeness (QED) is 0.171. The van der Waals surface area contributed by atoms with Crippen molar-refractivity contribution in [3.63, 3.8) is 0 Å². The first-order valence-corrected chi connectivity index (χ1v) is 15.7. The molecule has 2 N–H and O–H groups in total. The average molecular weight is 600 g/mol. The second kappa shape index (κ2) is 11.5. The Morgan fingerprint density at radius 1 is 1.19 bits per heavy atom. The number of aromatic nitrogens is 1. The highest BCUT2D eigenvalue weighted by Crippen LogP contribution is 2.57. The van der Waals surface area contributed by atoms with Crippen molar-refractivity contribution < 1.29 is 23.4 Å². The minimum absolute atomic E-state index is 0.00750. The van der Waals surface area contributed by atoms with Crippen molar-refractivity contribution in [2.24, 2.45) is 5.41 Å². The molecule has 3 aromatic carbocycles. The van der Waals surface area contributed by atoms with E-state index in [0.717, 1.165) is 29.2 Å². The number of phenols is 1. The molecule has 43 heavy (non-hydrogen) atoms. The van der Waals surface area contributed by atoms with Crippen LogP contribution in [0.25, 0.3) is 0 Å². The van der Waals surface area contributed by atoms with Crippen LogP contribution in [0.2, 0.25) is 0 Å². The second-order valence-electron chi connectivity index (χ2n) is 11.6. The Bertz CT molecular complexity index is 1720. The van der Waals surface area contributed by atoms with E-state index in [1.807, 2.05) is 30.3 Å². The summed E-state index contributed by atoms with van der Waals surface area (Å²) in [5.74, 6) is 0.238. The van der Waals surface area contributed by atoms with Gasteiger partial charge in [0.1, 0.15) is 35.4 Å². The van der Waals surface area contributed by atoms with Gasteiger partial charge in [-0.3, -0.25) is 9.69 Å². The zero-order valence-electron chi connectivity index (χ0n) is 24.7. The van der Waals surface area contributed by atoms with E-state index >= 15 is 4.39 Å². The average Bonchev–Trinajstić information content (AvgIpc) is 3.27. The molecule has 0 saturated carbocycles. The summed E-state index contributed by atoms with van der Waals surface area (Å²) < 4.78 is 27.9. The van der Waals surface area contributed by atoms with Gasteiger partial charge in [0.2, 0.25) is 0 Å². The maximum atomic E-state index is 16.3. The minimum Gasteiger partial charge on any atom is -0.506 e. The zero-order valence-corrected chi connectivity index (χ0v) is 25.7. The Balaban J connectivity index is 1.51. The molecule has 0 spiro atoms. The van der Waals surface area contributed by atoms with E-state index in [9.17, 15) is 9.90 Å². The van der Waals surface area contributed by atoms with Crippen LogP contribution < -0.4 is 15.0 Å². The number of aryl methyl sites for hydroxylation is 2. The molecule has 3 unspecified atom stereocenters. The van der Waals surface area contributed by atoms with Gasteiger partial charge in [0.25, 0.3) is 5.91 Å². The number of fused-ring (bicyclic) bond motifs is 1. The first kappa shape index (κ1) is 28.9. The first-order chi connectivity index (χ1) is 20.7. The molecule has 0 aliphatic carbocycles. The summed E-state index contributed by atoms with van der Waals surface area (Å²) >= 11 is 0. The highest BCUT2D eigenvalue weighted by Gasteiger charge is 2.43. The topological polar surface area (TPSA) is 87.8 Å². The van der Waals surface area contributed by atoms with Gasteiger partial charge in [0.15, 0.2) is 11.6 Å². The van der Waals surface area contributed by atoms with Gasteiger partial charge in [0.05, 0.1) is 11.7 Å². The molecule has 0 fully saturated rings. The van der Waals surface area contributed by atoms with Crippen molar-refractivity contribution in [1.29, 1.82) is 0 Å². The van der Waals surface area contributed by atoms with Crippen molar-refractivity contribution in [2.75, 3.05) is 16.4 Å². The SMILES string of the molecule is CCC1(C)CPC2=C(C1)Nc1c(O)cccc1N(C(=O)c1nc(C)oc1C)C2c1ccc(OCc2ccccc2)cc1F. The van der Waals surface area contributed by atoms with Gasteiger partial charge >= 0.3 is 0 Å². The third-order valence-electron chi connectivity index (χ3n) is 8.42. The summed E-state index contributed by atoms with van der Waals surface area (Å²) in [6, 6.07) is 18.8. The number of hydrogen-bond acceptors (Lipinski definition) is 6. The van der Waals surface area contributed by atoms with Crippen LogP contribution in [-0.2, 0) is 6.61 Å². The molecular formula is C34H35FN3O4P. The third-order valence-corrected chi connectivity index (χ3v) is 10.4. The summed E-state index contributed by atoms with van der Waals surface area (Å²) in [4.78, 5) is 20.4. The smallest absolute Gasteiger partial charge is 0.281 e.